The van der Waals surface area contributed by atoms with Gasteiger partial charge >= 0.3 is 0 Å². The molecule has 0 bridgehead atoms. The Kier molecular flexibility index (Phi) is 6.56. The molecule has 0 amide bonds. The van der Waals surface area contributed by atoms with Crippen LogP contribution in [0.25, 0.3) is 11.3 Å². The van der Waals surface area contributed by atoms with Gasteiger partial charge in [0.05, 0.1) is 34.9 Å². The average Bonchev–Trinajstić information content (AvgIpc) is 2.97. The topological polar surface area (TPSA) is 83.3 Å². The van der Waals surface area contributed by atoms with E-state index in [1.54, 1.807) is 12.1 Å². The van der Waals surface area contributed by atoms with E-state index >= 15 is 0 Å². The van der Waals surface area contributed by atoms with Gasteiger partial charge < -0.3 is 4.74 Å². The van der Waals surface area contributed by atoms with Crippen LogP contribution in [0.1, 0.15) is 50.7 Å². The van der Waals surface area contributed by atoms with E-state index in [1.165, 1.54) is 27.6 Å². The highest BCUT2D eigenvalue weighted by atomic mass is 32.2. The number of aromatic nitrogens is 1. The van der Waals surface area contributed by atoms with E-state index in [9.17, 15) is 8.42 Å². The van der Waals surface area contributed by atoms with Crippen molar-refractivity contribution in [1.82, 2.24) is 9.29 Å². The molecular formula is C32H29N3O3S. The third-order valence-corrected chi connectivity index (χ3v) is 9.65. The predicted molar refractivity (Wildman–Crippen MR) is 149 cm³/mol. The molecule has 6 rings (SSSR count). The summed E-state index contributed by atoms with van der Waals surface area (Å²) in [5.74, 6) is 0. The van der Waals surface area contributed by atoms with Crippen molar-refractivity contribution >= 4 is 10.0 Å². The lowest BCUT2D eigenvalue weighted by Gasteiger charge is -2.34. The average molecular weight is 536 g/mol. The number of fused-ring (bicyclic) bond motifs is 3. The zero-order valence-electron chi connectivity index (χ0n) is 22.0. The lowest BCUT2D eigenvalue weighted by atomic mass is 9.86. The van der Waals surface area contributed by atoms with Gasteiger partial charge in [-0.25, -0.2) is 8.42 Å². The molecule has 6 nitrogen and oxygen atoms in total. The SMILES string of the molecule is Cc1ccc(-c2nc3c(c4c2C[C@H](c2ccccc2)OC4)CN(S(=O)(=O)c2ccc(C#N)cc2)CC3)c(C)c1. The molecule has 0 fully saturated rings. The standard InChI is InChI=1S/C32H29N3O3S/c1-21-8-13-26(22(2)16-21)32-27-17-31(24-6-4-3-5-7-24)38-20-29(27)28-19-35(15-14-30(28)34-32)39(36,37)25-11-9-23(18-33)10-12-25/h3-13,16,31H,14-15,17,19-20H2,1-2H3/t31-/m1/s1. The molecule has 0 unspecified atom stereocenters. The summed E-state index contributed by atoms with van der Waals surface area (Å²) < 4.78 is 35.0. The fraction of sp³-hybridized carbons (Fsp3) is 0.250. The normalized spacial score (nSPS) is 17.2. The largest absolute Gasteiger partial charge is 0.368 e. The van der Waals surface area contributed by atoms with E-state index in [1.807, 2.05) is 24.3 Å². The number of pyridine rings is 1. The van der Waals surface area contributed by atoms with Gasteiger partial charge in [0.1, 0.15) is 0 Å². The zero-order valence-corrected chi connectivity index (χ0v) is 22.8. The van der Waals surface area contributed by atoms with Crippen LogP contribution >= 0.6 is 0 Å². The first-order valence-corrected chi connectivity index (χ1v) is 14.6. The Balaban J connectivity index is 1.44. The number of nitriles is 1. The van der Waals surface area contributed by atoms with Crippen molar-refractivity contribution in [2.24, 2.45) is 0 Å². The van der Waals surface area contributed by atoms with Crippen LogP contribution in [-0.2, 0) is 40.8 Å². The van der Waals surface area contributed by atoms with Crippen molar-refractivity contribution in [1.29, 1.82) is 5.26 Å². The third kappa shape index (κ3) is 4.65. The Labute approximate surface area is 229 Å². The van der Waals surface area contributed by atoms with Crippen molar-refractivity contribution in [2.45, 2.75) is 50.8 Å². The van der Waals surface area contributed by atoms with Crippen LogP contribution in [0.4, 0.5) is 0 Å². The molecule has 0 aliphatic carbocycles. The summed E-state index contributed by atoms with van der Waals surface area (Å²) in [4.78, 5) is 5.41. The smallest absolute Gasteiger partial charge is 0.243 e. The number of benzene rings is 3. The Morgan fingerprint density at radius 1 is 0.974 bits per heavy atom. The molecule has 4 aromatic rings. The molecule has 0 radical (unpaired) electrons. The molecule has 0 saturated heterocycles. The van der Waals surface area contributed by atoms with Crippen LogP contribution in [0.15, 0.2) is 77.7 Å². The monoisotopic (exact) mass is 535 g/mol. The number of ether oxygens (including phenoxy) is 1. The van der Waals surface area contributed by atoms with Gasteiger partial charge in [0, 0.05) is 37.2 Å². The Morgan fingerprint density at radius 3 is 2.46 bits per heavy atom. The summed E-state index contributed by atoms with van der Waals surface area (Å²) in [6.07, 6.45) is 1.10. The molecule has 0 spiro atoms. The summed E-state index contributed by atoms with van der Waals surface area (Å²) in [7, 11) is -3.73. The van der Waals surface area contributed by atoms with Gasteiger partial charge in [-0.1, -0.05) is 54.1 Å². The maximum absolute atomic E-state index is 13.6. The van der Waals surface area contributed by atoms with Gasteiger partial charge in [-0.15, -0.1) is 0 Å². The number of hydrogen-bond acceptors (Lipinski definition) is 5. The molecule has 2 aliphatic heterocycles. The first kappa shape index (κ1) is 25.4. The number of nitrogens with zero attached hydrogens (tertiary/aromatic N) is 3. The van der Waals surface area contributed by atoms with Gasteiger partial charge in [0.2, 0.25) is 10.0 Å². The van der Waals surface area contributed by atoms with E-state index in [4.69, 9.17) is 15.0 Å². The molecule has 0 saturated carbocycles. The third-order valence-electron chi connectivity index (χ3n) is 7.79. The summed E-state index contributed by atoms with van der Waals surface area (Å²) in [6.45, 7) is 5.22. The van der Waals surface area contributed by atoms with Gasteiger partial charge in [-0.3, -0.25) is 4.98 Å². The summed E-state index contributed by atoms with van der Waals surface area (Å²) >= 11 is 0. The highest BCUT2D eigenvalue weighted by Gasteiger charge is 2.34. The number of rotatable bonds is 4. The first-order chi connectivity index (χ1) is 18.8. The van der Waals surface area contributed by atoms with E-state index < -0.39 is 10.0 Å². The van der Waals surface area contributed by atoms with Crippen LogP contribution in [0.5, 0.6) is 0 Å². The Morgan fingerprint density at radius 2 is 1.74 bits per heavy atom. The van der Waals surface area contributed by atoms with Crippen molar-refractivity contribution < 1.29 is 13.2 Å². The van der Waals surface area contributed by atoms with Crippen molar-refractivity contribution in [3.8, 4) is 17.3 Å². The minimum atomic E-state index is -3.73. The van der Waals surface area contributed by atoms with Gasteiger partial charge in [0.25, 0.3) is 0 Å². The molecule has 0 N–H and O–H groups in total. The van der Waals surface area contributed by atoms with E-state index in [0.29, 0.717) is 31.6 Å². The molecule has 39 heavy (non-hydrogen) atoms. The van der Waals surface area contributed by atoms with E-state index in [2.05, 4.69) is 44.2 Å². The predicted octanol–water partition coefficient (Wildman–Crippen LogP) is 5.80. The van der Waals surface area contributed by atoms with Crippen LogP contribution in [0, 0.1) is 25.2 Å². The molecule has 3 heterocycles. The van der Waals surface area contributed by atoms with Gasteiger partial charge in [-0.05, 0) is 65.9 Å². The van der Waals surface area contributed by atoms with Crippen LogP contribution in [0.2, 0.25) is 0 Å². The molecule has 7 heteroatoms. The maximum Gasteiger partial charge on any atom is 0.243 e. The lowest BCUT2D eigenvalue weighted by Crippen LogP contribution is -2.37. The second kappa shape index (κ2) is 10.0. The molecule has 1 aromatic heterocycles. The lowest BCUT2D eigenvalue weighted by molar-refractivity contribution is 0.0265. The second-order valence-corrected chi connectivity index (χ2v) is 12.2. The van der Waals surface area contributed by atoms with Crippen molar-refractivity contribution in [3.63, 3.8) is 0 Å². The summed E-state index contributed by atoms with van der Waals surface area (Å²) in [5.41, 5.74) is 10.1. The minimum absolute atomic E-state index is 0.0925. The summed E-state index contributed by atoms with van der Waals surface area (Å²) in [6, 6.07) is 24.8. The fourth-order valence-electron chi connectivity index (χ4n) is 5.71. The maximum atomic E-state index is 13.6. The Bertz CT molecular complexity index is 1710. The Hall–Kier alpha value is -3.83. The molecule has 2 aliphatic rings. The highest BCUT2D eigenvalue weighted by Crippen LogP contribution is 2.41. The highest BCUT2D eigenvalue weighted by molar-refractivity contribution is 7.89. The number of sulfonamides is 1. The van der Waals surface area contributed by atoms with Gasteiger partial charge in [0.15, 0.2) is 0 Å². The molecule has 196 valence electrons. The van der Waals surface area contributed by atoms with Crippen LogP contribution in [-0.4, -0.2) is 24.3 Å². The number of aryl methyl sites for hydroxylation is 2. The molecule has 3 aromatic carbocycles. The van der Waals surface area contributed by atoms with E-state index in [0.717, 1.165) is 39.2 Å². The van der Waals surface area contributed by atoms with Crippen LogP contribution < -0.4 is 0 Å². The minimum Gasteiger partial charge on any atom is -0.368 e. The molecular weight excluding hydrogens is 506 g/mol. The number of hydrogen-bond donors (Lipinski definition) is 0. The van der Waals surface area contributed by atoms with Gasteiger partial charge in [-0.2, -0.15) is 9.57 Å². The van der Waals surface area contributed by atoms with E-state index in [-0.39, 0.29) is 17.5 Å². The van der Waals surface area contributed by atoms with Crippen molar-refractivity contribution in [3.05, 3.63) is 117 Å². The molecule has 1 atom stereocenters. The van der Waals surface area contributed by atoms with Crippen molar-refractivity contribution in [2.75, 3.05) is 6.54 Å². The zero-order chi connectivity index (χ0) is 27.1. The second-order valence-electron chi connectivity index (χ2n) is 10.3. The quantitative estimate of drug-likeness (QED) is 0.330. The fourth-order valence-corrected chi connectivity index (χ4v) is 7.12. The summed E-state index contributed by atoms with van der Waals surface area (Å²) in [5, 5.41) is 9.10. The van der Waals surface area contributed by atoms with Crippen LogP contribution in [0.3, 0.4) is 0 Å². The first-order valence-electron chi connectivity index (χ1n) is 13.1.